The van der Waals surface area contributed by atoms with Crippen molar-refractivity contribution in [2.45, 2.75) is 91.9 Å². The van der Waals surface area contributed by atoms with E-state index >= 15 is 0 Å². The Morgan fingerprint density at radius 2 is 1.65 bits per heavy atom. The lowest BCUT2D eigenvalue weighted by atomic mass is 9.79. The van der Waals surface area contributed by atoms with Gasteiger partial charge in [-0.1, -0.05) is 78.4 Å². The van der Waals surface area contributed by atoms with Crippen molar-refractivity contribution in [3.05, 3.63) is 23.3 Å². The van der Waals surface area contributed by atoms with E-state index in [1.165, 1.54) is 50.5 Å². The van der Waals surface area contributed by atoms with Crippen LogP contribution in [-0.4, -0.2) is 12.6 Å². The smallest absolute Gasteiger partial charge is 0.334 e. The largest absolute Gasteiger partial charge is 0.461 e. The normalized spacial score (nSPS) is 17.8. The third-order valence-corrected chi connectivity index (χ3v) is 4.65. The van der Waals surface area contributed by atoms with E-state index in [2.05, 4.69) is 39.8 Å². The first kappa shape index (κ1) is 20.0. The van der Waals surface area contributed by atoms with Crippen molar-refractivity contribution in [1.29, 1.82) is 0 Å². The Bertz CT molecular complexity index is 416. The number of ether oxygens (including phenoxy) is 1. The SMILES string of the molecule is CCCCCCC/C=C\C1=C(CCCCC)C(=O)OCC1(C)C. The van der Waals surface area contributed by atoms with Gasteiger partial charge in [-0.2, -0.15) is 0 Å². The Balaban J connectivity index is 2.68. The highest BCUT2D eigenvalue weighted by Gasteiger charge is 2.33. The van der Waals surface area contributed by atoms with Gasteiger partial charge in [0.2, 0.25) is 0 Å². The number of hydrogen-bond donors (Lipinski definition) is 0. The first-order valence-electron chi connectivity index (χ1n) is 9.60. The van der Waals surface area contributed by atoms with Crippen LogP contribution in [0.4, 0.5) is 0 Å². The van der Waals surface area contributed by atoms with Crippen molar-refractivity contribution in [3.63, 3.8) is 0 Å². The van der Waals surface area contributed by atoms with Gasteiger partial charge in [-0.15, -0.1) is 0 Å². The van der Waals surface area contributed by atoms with Gasteiger partial charge in [0.15, 0.2) is 0 Å². The minimum atomic E-state index is -0.0944. The number of carbonyl (C=O) groups is 1. The summed E-state index contributed by atoms with van der Waals surface area (Å²) in [6.07, 6.45) is 16.4. The molecule has 0 aromatic heterocycles. The van der Waals surface area contributed by atoms with Gasteiger partial charge in [-0.3, -0.25) is 0 Å². The third-order valence-electron chi connectivity index (χ3n) is 4.65. The fourth-order valence-corrected chi connectivity index (χ4v) is 3.11. The number of rotatable bonds is 11. The lowest BCUT2D eigenvalue weighted by Gasteiger charge is -2.33. The van der Waals surface area contributed by atoms with Crippen LogP contribution < -0.4 is 0 Å². The van der Waals surface area contributed by atoms with E-state index in [0.29, 0.717) is 6.61 Å². The summed E-state index contributed by atoms with van der Waals surface area (Å²) >= 11 is 0. The predicted molar refractivity (Wildman–Crippen MR) is 98.4 cm³/mol. The van der Waals surface area contributed by atoms with Gasteiger partial charge >= 0.3 is 5.97 Å². The molecule has 0 saturated carbocycles. The van der Waals surface area contributed by atoms with Crippen molar-refractivity contribution in [2.24, 2.45) is 5.41 Å². The molecule has 2 heteroatoms. The molecule has 1 rings (SSSR count). The van der Waals surface area contributed by atoms with Gasteiger partial charge in [0.25, 0.3) is 0 Å². The number of hydrogen-bond acceptors (Lipinski definition) is 2. The Labute approximate surface area is 143 Å². The molecule has 1 heterocycles. The molecular formula is C21H36O2. The van der Waals surface area contributed by atoms with Crippen LogP contribution in [0.25, 0.3) is 0 Å². The second-order valence-corrected chi connectivity index (χ2v) is 7.41. The summed E-state index contributed by atoms with van der Waals surface area (Å²) in [5.74, 6) is -0.0944. The molecular weight excluding hydrogens is 284 g/mol. The highest BCUT2D eigenvalue weighted by molar-refractivity contribution is 5.91. The molecule has 0 bridgehead atoms. The molecule has 0 radical (unpaired) electrons. The Kier molecular flexibility index (Phi) is 9.28. The zero-order chi connectivity index (χ0) is 17.1. The van der Waals surface area contributed by atoms with Gasteiger partial charge in [0, 0.05) is 11.0 Å². The first-order valence-corrected chi connectivity index (χ1v) is 9.60. The van der Waals surface area contributed by atoms with Crippen molar-refractivity contribution in [1.82, 2.24) is 0 Å². The summed E-state index contributed by atoms with van der Waals surface area (Å²) in [5, 5.41) is 0. The van der Waals surface area contributed by atoms with Gasteiger partial charge in [0.1, 0.15) is 6.61 Å². The van der Waals surface area contributed by atoms with E-state index in [-0.39, 0.29) is 11.4 Å². The summed E-state index contributed by atoms with van der Waals surface area (Å²) in [6, 6.07) is 0. The maximum absolute atomic E-state index is 12.2. The predicted octanol–water partition coefficient (Wildman–Crippen LogP) is 6.36. The van der Waals surface area contributed by atoms with Crippen molar-refractivity contribution in [3.8, 4) is 0 Å². The van der Waals surface area contributed by atoms with Gasteiger partial charge in [0.05, 0.1) is 0 Å². The molecule has 0 aromatic carbocycles. The monoisotopic (exact) mass is 320 g/mol. The standard InChI is InChI=1S/C21H36O2/c1-5-7-9-10-11-12-14-16-19-18(15-13-8-6-2)20(22)23-17-21(19,3)4/h14,16H,5-13,15,17H2,1-4H3/b16-14-. The van der Waals surface area contributed by atoms with E-state index in [1.54, 1.807) is 0 Å². The molecule has 0 atom stereocenters. The number of carbonyl (C=O) groups excluding carboxylic acids is 1. The van der Waals surface area contributed by atoms with Gasteiger partial charge in [-0.05, 0) is 31.3 Å². The van der Waals surface area contributed by atoms with Crippen molar-refractivity contribution < 1.29 is 9.53 Å². The second kappa shape index (κ2) is 10.7. The average molecular weight is 321 g/mol. The maximum atomic E-state index is 12.2. The van der Waals surface area contributed by atoms with Crippen LogP contribution in [0, 0.1) is 5.41 Å². The fraction of sp³-hybridized carbons (Fsp3) is 0.762. The number of unbranched alkanes of at least 4 members (excludes halogenated alkanes) is 7. The number of allylic oxidation sites excluding steroid dienone is 2. The zero-order valence-corrected chi connectivity index (χ0v) is 15.7. The van der Waals surface area contributed by atoms with E-state index in [0.717, 1.165) is 24.8 Å². The number of cyclic esters (lactones) is 1. The molecule has 1 aliphatic heterocycles. The van der Waals surface area contributed by atoms with E-state index in [4.69, 9.17) is 4.74 Å². The molecule has 0 saturated heterocycles. The Hall–Kier alpha value is -1.05. The molecule has 0 amide bonds. The van der Waals surface area contributed by atoms with Crippen LogP contribution in [-0.2, 0) is 9.53 Å². The van der Waals surface area contributed by atoms with E-state index in [1.807, 2.05) is 0 Å². The van der Waals surface area contributed by atoms with Crippen LogP contribution in [0.1, 0.15) is 91.9 Å². The molecule has 0 aromatic rings. The van der Waals surface area contributed by atoms with Crippen molar-refractivity contribution >= 4 is 5.97 Å². The maximum Gasteiger partial charge on any atom is 0.334 e. The van der Waals surface area contributed by atoms with Crippen molar-refractivity contribution in [2.75, 3.05) is 6.61 Å². The van der Waals surface area contributed by atoms with E-state index < -0.39 is 0 Å². The molecule has 0 unspecified atom stereocenters. The first-order chi connectivity index (χ1) is 11.0. The molecule has 0 spiro atoms. The molecule has 0 aliphatic carbocycles. The Morgan fingerprint density at radius 3 is 2.35 bits per heavy atom. The van der Waals surface area contributed by atoms with Crippen LogP contribution >= 0.6 is 0 Å². The minimum Gasteiger partial charge on any atom is -0.461 e. The van der Waals surface area contributed by atoms with Crippen LogP contribution in [0.2, 0.25) is 0 Å². The molecule has 1 aliphatic rings. The summed E-state index contributed by atoms with van der Waals surface area (Å²) in [5.41, 5.74) is 2.06. The second-order valence-electron chi connectivity index (χ2n) is 7.41. The quantitative estimate of drug-likeness (QED) is 0.327. The van der Waals surface area contributed by atoms with Crippen LogP contribution in [0.15, 0.2) is 23.3 Å². The van der Waals surface area contributed by atoms with Crippen LogP contribution in [0.3, 0.4) is 0 Å². The topological polar surface area (TPSA) is 26.3 Å². The highest BCUT2D eigenvalue weighted by Crippen LogP contribution is 2.36. The highest BCUT2D eigenvalue weighted by atomic mass is 16.5. The minimum absolute atomic E-state index is 0.0613. The van der Waals surface area contributed by atoms with E-state index in [9.17, 15) is 4.79 Å². The fourth-order valence-electron chi connectivity index (χ4n) is 3.11. The average Bonchev–Trinajstić information content (AvgIpc) is 2.52. The molecule has 0 N–H and O–H groups in total. The number of esters is 1. The summed E-state index contributed by atoms with van der Waals surface area (Å²) in [6.45, 7) is 9.30. The summed E-state index contributed by atoms with van der Waals surface area (Å²) in [4.78, 5) is 12.2. The molecule has 132 valence electrons. The van der Waals surface area contributed by atoms with Crippen LogP contribution in [0.5, 0.6) is 0 Å². The molecule has 23 heavy (non-hydrogen) atoms. The van der Waals surface area contributed by atoms with Gasteiger partial charge < -0.3 is 4.74 Å². The zero-order valence-electron chi connectivity index (χ0n) is 15.7. The lowest BCUT2D eigenvalue weighted by molar-refractivity contribution is -0.143. The van der Waals surface area contributed by atoms with Gasteiger partial charge in [-0.25, -0.2) is 4.79 Å². The molecule has 0 fully saturated rings. The summed E-state index contributed by atoms with van der Waals surface area (Å²) in [7, 11) is 0. The molecule has 2 nitrogen and oxygen atoms in total. The Morgan fingerprint density at radius 1 is 1.00 bits per heavy atom. The lowest BCUT2D eigenvalue weighted by Crippen LogP contribution is -2.31. The summed E-state index contributed by atoms with van der Waals surface area (Å²) < 4.78 is 5.41. The third kappa shape index (κ3) is 6.93.